The smallest absolute Gasteiger partial charge is 0.0413 e. The quantitative estimate of drug-likeness (QED) is 0.765. The highest BCUT2D eigenvalue weighted by molar-refractivity contribution is 7.98. The van der Waals surface area contributed by atoms with Gasteiger partial charge in [-0.25, -0.2) is 0 Å². The summed E-state index contributed by atoms with van der Waals surface area (Å²) in [6.45, 7) is 7.43. The van der Waals surface area contributed by atoms with E-state index in [4.69, 9.17) is 11.6 Å². The molecule has 0 amide bonds. The summed E-state index contributed by atoms with van der Waals surface area (Å²) in [6, 6.07) is 7.24. The van der Waals surface area contributed by atoms with Crippen LogP contribution in [0.5, 0.6) is 0 Å². The second kappa shape index (κ2) is 8.81. The first-order chi connectivity index (χ1) is 9.49. The molecule has 0 spiro atoms. The monoisotopic (exact) mass is 314 g/mol. The predicted octanol–water partition coefficient (Wildman–Crippen LogP) is 4.42. The van der Waals surface area contributed by atoms with Crippen LogP contribution in [0.25, 0.3) is 0 Å². The molecule has 0 saturated carbocycles. The van der Waals surface area contributed by atoms with Crippen LogP contribution in [-0.2, 0) is 6.54 Å². The van der Waals surface area contributed by atoms with Crippen molar-refractivity contribution in [3.05, 3.63) is 28.8 Å². The molecule has 0 bridgehead atoms. The van der Waals surface area contributed by atoms with Crippen molar-refractivity contribution in [3.63, 3.8) is 0 Å². The van der Waals surface area contributed by atoms with Gasteiger partial charge in [0.05, 0.1) is 0 Å². The fourth-order valence-corrected chi connectivity index (χ4v) is 3.29. The number of halogens is 1. The van der Waals surface area contributed by atoms with Crippen molar-refractivity contribution in [2.45, 2.75) is 45.8 Å². The zero-order chi connectivity index (χ0) is 15.1. The lowest BCUT2D eigenvalue weighted by molar-refractivity contribution is 0.586. The van der Waals surface area contributed by atoms with Crippen molar-refractivity contribution in [3.8, 4) is 0 Å². The molecule has 1 aromatic carbocycles. The molecule has 0 radical (unpaired) electrons. The maximum Gasteiger partial charge on any atom is 0.0413 e. The van der Waals surface area contributed by atoms with Crippen LogP contribution < -0.4 is 10.2 Å². The van der Waals surface area contributed by atoms with Crippen molar-refractivity contribution >= 4 is 29.1 Å². The van der Waals surface area contributed by atoms with Crippen LogP contribution in [0.2, 0.25) is 5.02 Å². The van der Waals surface area contributed by atoms with Crippen molar-refractivity contribution in [1.82, 2.24) is 5.32 Å². The summed E-state index contributed by atoms with van der Waals surface area (Å²) < 4.78 is 0. The largest absolute Gasteiger partial charge is 0.371 e. The highest BCUT2D eigenvalue weighted by Crippen LogP contribution is 2.26. The Morgan fingerprint density at radius 2 is 2.05 bits per heavy atom. The molecule has 1 aromatic rings. The van der Waals surface area contributed by atoms with Crippen molar-refractivity contribution in [2.24, 2.45) is 0 Å². The highest BCUT2D eigenvalue weighted by Gasteiger charge is 2.16. The van der Waals surface area contributed by atoms with Crippen LogP contribution in [0.15, 0.2) is 18.2 Å². The van der Waals surface area contributed by atoms with Gasteiger partial charge in [-0.2, -0.15) is 11.8 Å². The maximum atomic E-state index is 6.16. The van der Waals surface area contributed by atoms with E-state index in [0.717, 1.165) is 23.7 Å². The first-order valence-corrected chi connectivity index (χ1v) is 9.00. The second-order valence-electron chi connectivity index (χ2n) is 5.44. The average Bonchev–Trinajstić information content (AvgIpc) is 2.42. The fourth-order valence-electron chi connectivity index (χ4n) is 2.25. The molecule has 0 aromatic heterocycles. The van der Waals surface area contributed by atoms with Gasteiger partial charge in [-0.05, 0) is 36.4 Å². The lowest BCUT2D eigenvalue weighted by Crippen LogP contribution is -2.34. The number of thioether (sulfide) groups is 1. The normalized spacial score (nSPS) is 12.8. The number of anilines is 1. The van der Waals surface area contributed by atoms with Gasteiger partial charge in [-0.1, -0.05) is 32.4 Å². The Labute approximate surface area is 133 Å². The predicted molar refractivity (Wildman–Crippen MR) is 94.3 cm³/mol. The molecule has 1 rings (SSSR count). The Hall–Kier alpha value is -0.380. The van der Waals surface area contributed by atoms with Gasteiger partial charge < -0.3 is 10.2 Å². The van der Waals surface area contributed by atoms with Gasteiger partial charge in [0.25, 0.3) is 0 Å². The van der Waals surface area contributed by atoms with E-state index in [1.54, 1.807) is 0 Å². The molecule has 20 heavy (non-hydrogen) atoms. The van der Waals surface area contributed by atoms with E-state index >= 15 is 0 Å². The van der Waals surface area contributed by atoms with Gasteiger partial charge in [0.2, 0.25) is 0 Å². The van der Waals surface area contributed by atoms with Crippen LogP contribution in [0.4, 0.5) is 5.69 Å². The number of hydrogen-bond donors (Lipinski definition) is 1. The highest BCUT2D eigenvalue weighted by atomic mass is 35.5. The molecule has 1 atom stereocenters. The Kier molecular flexibility index (Phi) is 7.78. The van der Waals surface area contributed by atoms with Gasteiger partial charge in [-0.3, -0.25) is 0 Å². The molecule has 0 aliphatic rings. The van der Waals surface area contributed by atoms with E-state index in [1.165, 1.54) is 11.3 Å². The van der Waals surface area contributed by atoms with E-state index in [2.05, 4.69) is 56.4 Å². The Morgan fingerprint density at radius 3 is 2.60 bits per heavy atom. The third-order valence-corrected chi connectivity index (χ3v) is 4.45. The van der Waals surface area contributed by atoms with Crippen molar-refractivity contribution < 1.29 is 0 Å². The van der Waals surface area contributed by atoms with Gasteiger partial charge in [-0.15, -0.1) is 0 Å². The van der Waals surface area contributed by atoms with Gasteiger partial charge in [0.15, 0.2) is 0 Å². The molecule has 1 N–H and O–H groups in total. The van der Waals surface area contributed by atoms with Crippen LogP contribution in [0.3, 0.4) is 0 Å². The Morgan fingerprint density at radius 1 is 1.35 bits per heavy atom. The van der Waals surface area contributed by atoms with Crippen LogP contribution in [-0.4, -0.2) is 31.1 Å². The summed E-state index contributed by atoms with van der Waals surface area (Å²) in [5, 5.41) is 4.29. The molecule has 114 valence electrons. The van der Waals surface area contributed by atoms with E-state index in [0.29, 0.717) is 12.1 Å². The standard InChI is InChI=1S/C16H27ClN2S/c1-6-15(11-20-5)19(4)16-8-7-14(17)9-13(16)10-18-12(2)3/h7-9,12,15,18H,6,10-11H2,1-5H3. The zero-order valence-corrected chi connectivity index (χ0v) is 14.8. The third-order valence-electron chi connectivity index (χ3n) is 3.50. The Bertz CT molecular complexity index is 409. The molecular weight excluding hydrogens is 288 g/mol. The van der Waals surface area contributed by atoms with E-state index < -0.39 is 0 Å². The number of nitrogens with zero attached hydrogens (tertiary/aromatic N) is 1. The summed E-state index contributed by atoms with van der Waals surface area (Å²) in [6.07, 6.45) is 3.32. The molecule has 0 aliphatic carbocycles. The van der Waals surface area contributed by atoms with E-state index in [-0.39, 0.29) is 0 Å². The first kappa shape index (κ1) is 17.7. The SMILES string of the molecule is CCC(CSC)N(C)c1ccc(Cl)cc1CNC(C)C. The van der Waals surface area contributed by atoms with Crippen molar-refractivity contribution in [2.75, 3.05) is 24.0 Å². The average molecular weight is 315 g/mol. The number of nitrogens with one attached hydrogen (secondary N) is 1. The molecule has 4 heteroatoms. The molecule has 2 nitrogen and oxygen atoms in total. The fraction of sp³-hybridized carbons (Fsp3) is 0.625. The van der Waals surface area contributed by atoms with Crippen LogP contribution in [0, 0.1) is 0 Å². The minimum atomic E-state index is 0.473. The summed E-state index contributed by atoms with van der Waals surface area (Å²) in [5.74, 6) is 1.15. The van der Waals surface area contributed by atoms with E-state index in [1.807, 2.05) is 17.8 Å². The third kappa shape index (κ3) is 5.19. The lowest BCUT2D eigenvalue weighted by atomic mass is 10.1. The van der Waals surface area contributed by atoms with E-state index in [9.17, 15) is 0 Å². The number of hydrogen-bond acceptors (Lipinski definition) is 3. The van der Waals surface area contributed by atoms with Gasteiger partial charge in [0, 0.05) is 42.1 Å². The number of benzene rings is 1. The van der Waals surface area contributed by atoms with Crippen LogP contribution in [0.1, 0.15) is 32.8 Å². The minimum Gasteiger partial charge on any atom is -0.371 e. The number of rotatable bonds is 8. The molecule has 0 aliphatic heterocycles. The molecule has 0 saturated heterocycles. The molecular formula is C16H27ClN2S. The first-order valence-electron chi connectivity index (χ1n) is 7.23. The molecule has 0 heterocycles. The Balaban J connectivity index is 2.96. The van der Waals surface area contributed by atoms with Gasteiger partial charge in [0.1, 0.15) is 0 Å². The minimum absolute atomic E-state index is 0.473. The van der Waals surface area contributed by atoms with Gasteiger partial charge >= 0.3 is 0 Å². The molecule has 0 fully saturated rings. The molecule has 1 unspecified atom stereocenters. The summed E-state index contributed by atoms with van der Waals surface area (Å²) in [4.78, 5) is 2.39. The topological polar surface area (TPSA) is 15.3 Å². The maximum absolute atomic E-state index is 6.16. The lowest BCUT2D eigenvalue weighted by Gasteiger charge is -2.31. The summed E-state index contributed by atoms with van der Waals surface area (Å²) in [7, 11) is 2.19. The zero-order valence-electron chi connectivity index (χ0n) is 13.2. The summed E-state index contributed by atoms with van der Waals surface area (Å²) in [5.41, 5.74) is 2.55. The summed E-state index contributed by atoms with van der Waals surface area (Å²) >= 11 is 8.06. The van der Waals surface area contributed by atoms with Crippen LogP contribution >= 0.6 is 23.4 Å². The van der Waals surface area contributed by atoms with Crippen molar-refractivity contribution in [1.29, 1.82) is 0 Å². The second-order valence-corrected chi connectivity index (χ2v) is 6.78.